The van der Waals surface area contributed by atoms with E-state index in [4.69, 9.17) is 14.2 Å². The van der Waals surface area contributed by atoms with Crippen LogP contribution in [0.2, 0.25) is 0 Å². The van der Waals surface area contributed by atoms with Gasteiger partial charge in [-0.05, 0) is 25.0 Å². The topological polar surface area (TPSA) is 64.1 Å². The maximum atomic E-state index is 13.0. The maximum Gasteiger partial charge on any atom is 0.191 e. The second-order valence-electron chi connectivity index (χ2n) is 5.44. The lowest BCUT2D eigenvalue weighted by atomic mass is 10.3. The number of halogens is 1. The standard InChI is InChI=1S/C17H26FN3O3/c1-19-17(20-7-3-9-23-16-6-10-22-13-16)21-8-11-24-15-5-2-4-14(18)12-15/h2,4-5,12,16H,3,6-11,13H2,1H3,(H2,19,20,21). The van der Waals surface area contributed by atoms with Crippen molar-refractivity contribution in [2.75, 3.05) is 46.6 Å². The molecular weight excluding hydrogens is 313 g/mol. The highest BCUT2D eigenvalue weighted by Crippen LogP contribution is 2.11. The molecule has 2 rings (SSSR count). The van der Waals surface area contributed by atoms with E-state index in [1.807, 2.05) is 0 Å². The molecule has 0 spiro atoms. The lowest BCUT2D eigenvalue weighted by Gasteiger charge is -2.13. The summed E-state index contributed by atoms with van der Waals surface area (Å²) in [5, 5.41) is 6.36. The molecule has 0 bridgehead atoms. The number of rotatable bonds is 9. The zero-order chi connectivity index (χ0) is 17.0. The number of nitrogens with zero attached hydrogens (tertiary/aromatic N) is 1. The molecule has 6 nitrogen and oxygen atoms in total. The highest BCUT2D eigenvalue weighted by molar-refractivity contribution is 5.79. The molecular formula is C17H26FN3O3. The second-order valence-corrected chi connectivity index (χ2v) is 5.44. The monoisotopic (exact) mass is 339 g/mol. The van der Waals surface area contributed by atoms with E-state index in [1.165, 1.54) is 12.1 Å². The fraction of sp³-hybridized carbons (Fsp3) is 0.588. The van der Waals surface area contributed by atoms with Crippen LogP contribution in [0.15, 0.2) is 29.3 Å². The number of hydrogen-bond donors (Lipinski definition) is 2. The predicted octanol–water partition coefficient (Wildman–Crippen LogP) is 1.57. The van der Waals surface area contributed by atoms with Crippen LogP contribution in [0.5, 0.6) is 5.75 Å². The molecule has 1 atom stereocenters. The molecule has 134 valence electrons. The largest absolute Gasteiger partial charge is 0.492 e. The third kappa shape index (κ3) is 7.14. The molecule has 1 aliphatic heterocycles. The van der Waals surface area contributed by atoms with Crippen molar-refractivity contribution in [2.45, 2.75) is 18.9 Å². The van der Waals surface area contributed by atoms with E-state index < -0.39 is 0 Å². The SMILES string of the molecule is CN=C(NCCCOC1CCOC1)NCCOc1cccc(F)c1. The van der Waals surface area contributed by atoms with Crippen LogP contribution in [0.3, 0.4) is 0 Å². The second kappa shape index (κ2) is 10.8. The van der Waals surface area contributed by atoms with Gasteiger partial charge in [0.15, 0.2) is 5.96 Å². The molecule has 1 heterocycles. The van der Waals surface area contributed by atoms with Gasteiger partial charge in [-0.2, -0.15) is 0 Å². The van der Waals surface area contributed by atoms with E-state index in [-0.39, 0.29) is 11.9 Å². The average Bonchev–Trinajstić information content (AvgIpc) is 3.10. The highest BCUT2D eigenvalue weighted by atomic mass is 19.1. The van der Waals surface area contributed by atoms with Crippen molar-refractivity contribution in [3.8, 4) is 5.75 Å². The van der Waals surface area contributed by atoms with Crippen molar-refractivity contribution in [1.29, 1.82) is 0 Å². The summed E-state index contributed by atoms with van der Waals surface area (Å²) < 4.78 is 29.4. The number of nitrogens with one attached hydrogen (secondary N) is 2. The van der Waals surface area contributed by atoms with E-state index in [2.05, 4.69) is 15.6 Å². The van der Waals surface area contributed by atoms with Gasteiger partial charge in [-0.25, -0.2) is 4.39 Å². The van der Waals surface area contributed by atoms with Gasteiger partial charge < -0.3 is 24.8 Å². The van der Waals surface area contributed by atoms with Crippen molar-refractivity contribution >= 4 is 5.96 Å². The molecule has 1 aliphatic rings. The molecule has 0 radical (unpaired) electrons. The van der Waals surface area contributed by atoms with Gasteiger partial charge in [-0.15, -0.1) is 0 Å². The third-order valence-corrected chi connectivity index (χ3v) is 3.54. The molecule has 1 aromatic rings. The third-order valence-electron chi connectivity index (χ3n) is 3.54. The highest BCUT2D eigenvalue weighted by Gasteiger charge is 2.15. The van der Waals surface area contributed by atoms with Gasteiger partial charge in [0.25, 0.3) is 0 Å². The minimum atomic E-state index is -0.302. The van der Waals surface area contributed by atoms with Crippen LogP contribution in [0.25, 0.3) is 0 Å². The van der Waals surface area contributed by atoms with Crippen LogP contribution >= 0.6 is 0 Å². The molecule has 0 amide bonds. The van der Waals surface area contributed by atoms with Crippen molar-refractivity contribution < 1.29 is 18.6 Å². The molecule has 1 fully saturated rings. The molecule has 7 heteroatoms. The minimum absolute atomic E-state index is 0.252. The quantitative estimate of drug-likeness (QED) is 0.406. The molecule has 0 saturated carbocycles. The Morgan fingerprint density at radius 3 is 2.96 bits per heavy atom. The number of ether oxygens (including phenoxy) is 3. The van der Waals surface area contributed by atoms with Gasteiger partial charge in [0.2, 0.25) is 0 Å². The smallest absolute Gasteiger partial charge is 0.191 e. The summed E-state index contributed by atoms with van der Waals surface area (Å²) in [6.45, 7) is 4.00. The fourth-order valence-electron chi connectivity index (χ4n) is 2.29. The van der Waals surface area contributed by atoms with Gasteiger partial charge in [0.1, 0.15) is 18.2 Å². The molecule has 24 heavy (non-hydrogen) atoms. The number of hydrogen-bond acceptors (Lipinski definition) is 4. The molecule has 1 saturated heterocycles. The van der Waals surface area contributed by atoms with Crippen LogP contribution in [-0.4, -0.2) is 58.6 Å². The Kier molecular flexibility index (Phi) is 8.34. The van der Waals surface area contributed by atoms with Gasteiger partial charge in [0, 0.05) is 32.9 Å². The maximum absolute atomic E-state index is 13.0. The summed E-state index contributed by atoms with van der Waals surface area (Å²) in [6.07, 6.45) is 2.14. The summed E-state index contributed by atoms with van der Waals surface area (Å²) in [6, 6.07) is 6.10. The Morgan fingerprint density at radius 1 is 1.33 bits per heavy atom. The number of benzene rings is 1. The Hall–Kier alpha value is -1.86. The van der Waals surface area contributed by atoms with Gasteiger partial charge in [0.05, 0.1) is 19.3 Å². The summed E-state index contributed by atoms with van der Waals surface area (Å²) in [4.78, 5) is 4.14. The van der Waals surface area contributed by atoms with Crippen molar-refractivity contribution in [1.82, 2.24) is 10.6 Å². The van der Waals surface area contributed by atoms with Gasteiger partial charge in [-0.3, -0.25) is 4.99 Å². The zero-order valence-electron chi connectivity index (χ0n) is 14.1. The fourth-order valence-corrected chi connectivity index (χ4v) is 2.29. The first-order valence-electron chi connectivity index (χ1n) is 8.30. The van der Waals surface area contributed by atoms with Gasteiger partial charge >= 0.3 is 0 Å². The number of aliphatic imine (C=N–C) groups is 1. The van der Waals surface area contributed by atoms with Crippen LogP contribution in [0.1, 0.15) is 12.8 Å². The summed E-state index contributed by atoms with van der Waals surface area (Å²) in [5.74, 6) is 0.930. The lowest BCUT2D eigenvalue weighted by Crippen LogP contribution is -2.40. The van der Waals surface area contributed by atoms with Crippen LogP contribution in [0.4, 0.5) is 4.39 Å². The Labute approximate surface area is 142 Å². The molecule has 1 unspecified atom stereocenters. The van der Waals surface area contributed by atoms with E-state index in [0.29, 0.717) is 38.1 Å². The zero-order valence-corrected chi connectivity index (χ0v) is 14.1. The van der Waals surface area contributed by atoms with Gasteiger partial charge in [-0.1, -0.05) is 6.07 Å². The van der Waals surface area contributed by atoms with E-state index >= 15 is 0 Å². The first kappa shape index (κ1) is 18.5. The van der Waals surface area contributed by atoms with Crippen molar-refractivity contribution in [2.24, 2.45) is 4.99 Å². The van der Waals surface area contributed by atoms with Crippen LogP contribution < -0.4 is 15.4 Å². The molecule has 2 N–H and O–H groups in total. The summed E-state index contributed by atoms with van der Waals surface area (Å²) in [7, 11) is 1.72. The molecule has 1 aromatic carbocycles. The van der Waals surface area contributed by atoms with E-state index in [9.17, 15) is 4.39 Å². The summed E-state index contributed by atoms with van der Waals surface area (Å²) >= 11 is 0. The van der Waals surface area contributed by atoms with E-state index in [0.717, 1.165) is 26.0 Å². The first-order chi connectivity index (χ1) is 11.8. The van der Waals surface area contributed by atoms with Crippen LogP contribution in [0, 0.1) is 5.82 Å². The predicted molar refractivity (Wildman–Crippen MR) is 91.1 cm³/mol. The molecule has 0 aromatic heterocycles. The Morgan fingerprint density at radius 2 is 2.21 bits per heavy atom. The first-order valence-corrected chi connectivity index (χ1v) is 8.30. The Bertz CT molecular complexity index is 508. The van der Waals surface area contributed by atoms with Crippen molar-refractivity contribution in [3.05, 3.63) is 30.1 Å². The lowest BCUT2D eigenvalue weighted by molar-refractivity contribution is 0.0420. The normalized spacial score (nSPS) is 17.8. The molecule has 0 aliphatic carbocycles. The summed E-state index contributed by atoms with van der Waals surface area (Å²) in [5.41, 5.74) is 0. The number of guanidine groups is 1. The van der Waals surface area contributed by atoms with E-state index in [1.54, 1.807) is 19.2 Å². The average molecular weight is 339 g/mol. The Balaban J connectivity index is 1.50. The van der Waals surface area contributed by atoms with Crippen molar-refractivity contribution in [3.63, 3.8) is 0 Å². The van der Waals surface area contributed by atoms with Crippen LogP contribution in [-0.2, 0) is 9.47 Å². The minimum Gasteiger partial charge on any atom is -0.492 e.